The Hall–Kier alpha value is -5.94. The first kappa shape index (κ1) is 33.0. The molecule has 0 saturated carbocycles. The number of carboxylic acids is 1. The molecule has 0 bridgehead atoms. The third-order valence-corrected chi connectivity index (χ3v) is 8.25. The average Bonchev–Trinajstić information content (AvgIpc) is 3.07. The molecule has 2 aliphatic rings. The van der Waals surface area contributed by atoms with Gasteiger partial charge in [-0.05, 0) is 53.1 Å². The molecule has 4 N–H and O–H groups in total. The largest absolute Gasteiger partial charge is 0.478 e. The molecular formula is C37H34ClN6O5+. The molecule has 12 heteroatoms. The van der Waals surface area contributed by atoms with E-state index in [2.05, 4.69) is 15.3 Å². The number of ether oxygens (including phenoxy) is 1. The van der Waals surface area contributed by atoms with Crippen LogP contribution in [-0.2, 0) is 13.2 Å². The van der Waals surface area contributed by atoms with Gasteiger partial charge in [0.2, 0.25) is 17.2 Å². The van der Waals surface area contributed by atoms with Crippen LogP contribution in [0.5, 0.6) is 5.88 Å². The second-order valence-corrected chi connectivity index (χ2v) is 12.3. The van der Waals surface area contributed by atoms with Crippen molar-refractivity contribution in [3.8, 4) is 28.3 Å². The third kappa shape index (κ3) is 7.16. The van der Waals surface area contributed by atoms with Gasteiger partial charge in [0, 0.05) is 66.6 Å². The predicted octanol–water partition coefficient (Wildman–Crippen LogP) is 5.54. The molecule has 0 fully saturated rings. The molecular weight excluding hydrogens is 644 g/mol. The third-order valence-electron chi connectivity index (χ3n) is 8.05. The monoisotopic (exact) mass is 677 g/mol. The SMILES string of the molecule is CN(C)c1ccc2c(-c3cc(C(=O)NCc4ccc(COc5cc(Cl)nc(N)n5)cc4)ccc3C(=O)O)c3ccc(=[N+](C)C)cc-3oc2c1. The van der Waals surface area contributed by atoms with Crippen LogP contribution in [0.3, 0.4) is 0 Å². The van der Waals surface area contributed by atoms with Crippen molar-refractivity contribution >= 4 is 46.1 Å². The van der Waals surface area contributed by atoms with Crippen molar-refractivity contribution in [2.24, 2.45) is 0 Å². The van der Waals surface area contributed by atoms with E-state index >= 15 is 0 Å². The van der Waals surface area contributed by atoms with Gasteiger partial charge in [-0.2, -0.15) is 4.98 Å². The van der Waals surface area contributed by atoms with E-state index in [0.717, 1.165) is 33.1 Å². The quantitative estimate of drug-likeness (QED) is 0.102. The molecule has 0 saturated heterocycles. The molecule has 0 atom stereocenters. The first-order chi connectivity index (χ1) is 23.5. The number of carboxylic acid groups (broad SMARTS) is 1. The van der Waals surface area contributed by atoms with Gasteiger partial charge in [-0.1, -0.05) is 35.9 Å². The number of nitrogens with zero attached hydrogens (tertiary/aromatic N) is 4. The van der Waals surface area contributed by atoms with Crippen molar-refractivity contribution in [3.05, 3.63) is 118 Å². The highest BCUT2D eigenvalue weighted by Crippen LogP contribution is 2.42. The van der Waals surface area contributed by atoms with Crippen LogP contribution < -0.4 is 30.6 Å². The summed E-state index contributed by atoms with van der Waals surface area (Å²) in [6, 6.07) is 25.3. The normalized spacial score (nSPS) is 11.0. The van der Waals surface area contributed by atoms with Crippen molar-refractivity contribution < 1.29 is 23.8 Å². The van der Waals surface area contributed by atoms with Crippen molar-refractivity contribution in [1.29, 1.82) is 0 Å². The second-order valence-electron chi connectivity index (χ2n) is 11.9. The van der Waals surface area contributed by atoms with Crippen LogP contribution in [0.25, 0.3) is 33.4 Å². The smallest absolute Gasteiger partial charge is 0.336 e. The Balaban J connectivity index is 1.30. The molecule has 4 aromatic rings. The maximum Gasteiger partial charge on any atom is 0.336 e. The van der Waals surface area contributed by atoms with Crippen molar-refractivity contribution in [1.82, 2.24) is 19.9 Å². The molecule has 3 aromatic carbocycles. The van der Waals surface area contributed by atoms with Gasteiger partial charge in [0.1, 0.15) is 37.2 Å². The topological polar surface area (TPSA) is 147 Å². The molecule has 1 aliphatic carbocycles. The van der Waals surface area contributed by atoms with Crippen LogP contribution in [0.4, 0.5) is 11.6 Å². The number of anilines is 2. The molecule has 1 amide bonds. The van der Waals surface area contributed by atoms with Crippen LogP contribution in [0, 0.1) is 0 Å². The first-order valence-electron chi connectivity index (χ1n) is 15.3. The van der Waals surface area contributed by atoms with Gasteiger partial charge in [0.15, 0.2) is 0 Å². The number of nitrogens with one attached hydrogen (secondary N) is 1. The Labute approximate surface area is 287 Å². The molecule has 6 rings (SSSR count). The minimum absolute atomic E-state index is 0.0245. The summed E-state index contributed by atoms with van der Waals surface area (Å²) in [5.74, 6) is -0.562. The number of amides is 1. The predicted molar refractivity (Wildman–Crippen MR) is 190 cm³/mol. The number of halogens is 1. The molecule has 49 heavy (non-hydrogen) atoms. The molecule has 0 spiro atoms. The van der Waals surface area contributed by atoms with E-state index in [-0.39, 0.29) is 41.6 Å². The maximum absolute atomic E-state index is 13.5. The average molecular weight is 678 g/mol. The fraction of sp³-hybridized carbons (Fsp3) is 0.162. The molecule has 0 radical (unpaired) electrons. The van der Waals surface area contributed by atoms with Gasteiger partial charge in [-0.15, -0.1) is 0 Å². The van der Waals surface area contributed by atoms with E-state index in [4.69, 9.17) is 26.5 Å². The summed E-state index contributed by atoms with van der Waals surface area (Å²) in [6.45, 7) is 0.492. The van der Waals surface area contributed by atoms with Crippen LogP contribution >= 0.6 is 11.6 Å². The number of aromatic carboxylic acids is 1. The van der Waals surface area contributed by atoms with E-state index in [1.54, 1.807) is 6.07 Å². The molecule has 248 valence electrons. The Kier molecular flexibility index (Phi) is 9.19. The summed E-state index contributed by atoms with van der Waals surface area (Å²) in [4.78, 5) is 35.8. The number of fused-ring (bicyclic) bond motifs is 2. The van der Waals surface area contributed by atoms with E-state index in [1.165, 1.54) is 18.2 Å². The van der Waals surface area contributed by atoms with Crippen LogP contribution in [0.2, 0.25) is 5.15 Å². The number of nitrogens with two attached hydrogens (primary N) is 1. The summed E-state index contributed by atoms with van der Waals surface area (Å²) in [5, 5.41) is 15.1. The first-order valence-corrected chi connectivity index (χ1v) is 15.7. The molecule has 1 aliphatic heterocycles. The molecule has 0 unspecified atom stereocenters. The molecule has 2 heterocycles. The molecule has 11 nitrogen and oxygen atoms in total. The summed E-state index contributed by atoms with van der Waals surface area (Å²) >= 11 is 5.92. The highest BCUT2D eigenvalue weighted by atomic mass is 35.5. The lowest BCUT2D eigenvalue weighted by atomic mass is 9.89. The van der Waals surface area contributed by atoms with E-state index in [9.17, 15) is 14.7 Å². The fourth-order valence-electron chi connectivity index (χ4n) is 5.48. The van der Waals surface area contributed by atoms with E-state index in [0.29, 0.717) is 28.0 Å². The van der Waals surface area contributed by atoms with Crippen LogP contribution in [0.1, 0.15) is 31.8 Å². The fourth-order valence-corrected chi connectivity index (χ4v) is 5.66. The molecule has 1 aromatic heterocycles. The number of hydrogen-bond acceptors (Lipinski definition) is 8. The Bertz CT molecular complexity index is 2240. The van der Waals surface area contributed by atoms with Gasteiger partial charge >= 0.3 is 5.97 Å². The van der Waals surface area contributed by atoms with Crippen molar-refractivity contribution in [3.63, 3.8) is 0 Å². The zero-order valence-electron chi connectivity index (χ0n) is 27.3. The zero-order valence-corrected chi connectivity index (χ0v) is 28.1. The minimum Gasteiger partial charge on any atom is -0.478 e. The lowest BCUT2D eigenvalue weighted by molar-refractivity contribution is 0.0697. The number of carbonyl (C=O) groups is 2. The maximum atomic E-state index is 13.5. The van der Waals surface area contributed by atoms with Gasteiger partial charge in [-0.3, -0.25) is 4.79 Å². The van der Waals surface area contributed by atoms with Gasteiger partial charge in [-0.25, -0.2) is 14.4 Å². The number of nitrogen functional groups attached to an aromatic ring is 1. The minimum atomic E-state index is -1.10. The van der Waals surface area contributed by atoms with Crippen LogP contribution in [-0.4, -0.2) is 55.1 Å². The van der Waals surface area contributed by atoms with E-state index in [1.807, 2.05) is 98.3 Å². The number of aromatic nitrogens is 2. The standard InChI is InChI=1S/C37H33ClN6O5/c1-43(2)24-10-13-27-30(16-24)49-31-17-25(44(3)4)11-14-28(31)34(27)29-15-23(9-12-26(29)36(46)47)35(45)40-19-21-5-7-22(8-6-21)20-48-33-18-32(38)41-37(39)42-33/h5-18H,19-20H2,1-4H3,(H3-,39,40,41,42,45,46,47)/p+1. The Morgan fingerprint density at radius 1 is 0.939 bits per heavy atom. The van der Waals surface area contributed by atoms with E-state index < -0.39 is 5.97 Å². The number of benzene rings is 4. The van der Waals surface area contributed by atoms with Gasteiger partial charge < -0.3 is 30.2 Å². The summed E-state index contributed by atoms with van der Waals surface area (Å²) in [7, 11) is 7.76. The van der Waals surface area contributed by atoms with Crippen molar-refractivity contribution in [2.45, 2.75) is 13.2 Å². The zero-order chi connectivity index (χ0) is 34.8. The highest BCUT2D eigenvalue weighted by molar-refractivity contribution is 6.29. The summed E-state index contributed by atoms with van der Waals surface area (Å²) in [6.07, 6.45) is 0. The van der Waals surface area contributed by atoms with Crippen LogP contribution in [0.15, 0.2) is 89.3 Å². The highest BCUT2D eigenvalue weighted by Gasteiger charge is 2.24. The number of rotatable bonds is 9. The number of carbonyl (C=O) groups excluding carboxylic acids is 1. The van der Waals surface area contributed by atoms with Crippen molar-refractivity contribution in [2.75, 3.05) is 38.8 Å². The van der Waals surface area contributed by atoms with Gasteiger partial charge in [0.05, 0.1) is 11.6 Å². The second kappa shape index (κ2) is 13.7. The Morgan fingerprint density at radius 3 is 2.39 bits per heavy atom. The lowest BCUT2D eigenvalue weighted by Gasteiger charge is -2.19. The van der Waals surface area contributed by atoms with Gasteiger partial charge in [0.25, 0.3) is 5.91 Å². The number of hydrogen-bond donors (Lipinski definition) is 3. The lowest BCUT2D eigenvalue weighted by Crippen LogP contribution is -2.23. The summed E-state index contributed by atoms with van der Waals surface area (Å²) in [5.41, 5.74) is 11.1. The Morgan fingerprint density at radius 2 is 1.69 bits per heavy atom. The summed E-state index contributed by atoms with van der Waals surface area (Å²) < 4.78 is 14.0.